The van der Waals surface area contributed by atoms with Crippen molar-refractivity contribution in [2.75, 3.05) is 6.54 Å². The first-order chi connectivity index (χ1) is 10.4. The molecule has 1 saturated carbocycles. The van der Waals surface area contributed by atoms with Gasteiger partial charge in [0.05, 0.1) is 0 Å². The first-order valence-electron chi connectivity index (χ1n) is 8.34. The molecule has 2 aliphatic rings. The van der Waals surface area contributed by atoms with Crippen LogP contribution in [-0.2, 0) is 9.59 Å². The van der Waals surface area contributed by atoms with Crippen molar-refractivity contribution in [3.8, 4) is 0 Å². The molecule has 2 N–H and O–H groups in total. The smallest absolute Gasteiger partial charge is 0.325 e. The van der Waals surface area contributed by atoms with Gasteiger partial charge in [-0.15, -0.1) is 0 Å². The number of amides is 4. The SMILES string of the molecule is CCC[C@@H](C)NC(=O)CN1C(=O)N[C@@]2(CCCC[C@@H]2C)C1=O. The summed E-state index contributed by atoms with van der Waals surface area (Å²) in [4.78, 5) is 38.0. The van der Waals surface area contributed by atoms with Gasteiger partial charge in [-0.1, -0.05) is 33.1 Å². The van der Waals surface area contributed by atoms with Crippen molar-refractivity contribution in [3.63, 3.8) is 0 Å². The Bertz CT molecular complexity index is 466. The van der Waals surface area contributed by atoms with E-state index in [0.717, 1.165) is 37.0 Å². The maximum Gasteiger partial charge on any atom is 0.325 e. The van der Waals surface area contributed by atoms with E-state index in [2.05, 4.69) is 10.6 Å². The fourth-order valence-electron chi connectivity index (χ4n) is 3.61. The Kier molecular flexibility index (Phi) is 5.08. The van der Waals surface area contributed by atoms with Gasteiger partial charge in [0.15, 0.2) is 0 Å². The predicted octanol–water partition coefficient (Wildman–Crippen LogP) is 1.79. The van der Waals surface area contributed by atoms with Crippen LogP contribution in [0.15, 0.2) is 0 Å². The van der Waals surface area contributed by atoms with Crippen LogP contribution in [0.1, 0.15) is 59.3 Å². The molecule has 2 rings (SSSR count). The van der Waals surface area contributed by atoms with Gasteiger partial charge < -0.3 is 10.6 Å². The van der Waals surface area contributed by atoms with Crippen LogP contribution < -0.4 is 10.6 Å². The summed E-state index contributed by atoms with van der Waals surface area (Å²) in [7, 11) is 0. The molecule has 1 aliphatic carbocycles. The monoisotopic (exact) mass is 309 g/mol. The van der Waals surface area contributed by atoms with Gasteiger partial charge in [-0.2, -0.15) is 0 Å². The Morgan fingerprint density at radius 2 is 2.18 bits per heavy atom. The molecule has 0 aromatic heterocycles. The van der Waals surface area contributed by atoms with Gasteiger partial charge in [0.2, 0.25) is 5.91 Å². The highest BCUT2D eigenvalue weighted by Gasteiger charge is 2.55. The number of imide groups is 1. The zero-order valence-electron chi connectivity index (χ0n) is 13.8. The Morgan fingerprint density at radius 1 is 1.45 bits per heavy atom. The summed E-state index contributed by atoms with van der Waals surface area (Å²) in [5.41, 5.74) is -0.787. The van der Waals surface area contributed by atoms with E-state index in [0.29, 0.717) is 6.42 Å². The molecule has 6 nitrogen and oxygen atoms in total. The number of rotatable bonds is 5. The summed E-state index contributed by atoms with van der Waals surface area (Å²) in [5.74, 6) is -0.391. The van der Waals surface area contributed by atoms with Crippen LogP contribution in [0, 0.1) is 5.92 Å². The van der Waals surface area contributed by atoms with Crippen LogP contribution in [0.3, 0.4) is 0 Å². The predicted molar refractivity (Wildman–Crippen MR) is 83.1 cm³/mol. The lowest BCUT2D eigenvalue weighted by molar-refractivity contribution is -0.137. The van der Waals surface area contributed by atoms with Crippen molar-refractivity contribution in [1.82, 2.24) is 15.5 Å². The molecule has 4 amide bonds. The number of nitrogens with zero attached hydrogens (tertiary/aromatic N) is 1. The third-order valence-electron chi connectivity index (χ3n) is 4.93. The number of urea groups is 1. The molecular formula is C16H27N3O3. The van der Waals surface area contributed by atoms with Crippen LogP contribution in [0.25, 0.3) is 0 Å². The van der Waals surface area contributed by atoms with Crippen molar-refractivity contribution >= 4 is 17.8 Å². The fraction of sp³-hybridized carbons (Fsp3) is 0.812. The van der Waals surface area contributed by atoms with Gasteiger partial charge in [-0.25, -0.2) is 4.79 Å². The van der Waals surface area contributed by atoms with Gasteiger partial charge in [0, 0.05) is 6.04 Å². The third-order valence-corrected chi connectivity index (χ3v) is 4.93. The van der Waals surface area contributed by atoms with Crippen LogP contribution in [0.5, 0.6) is 0 Å². The summed E-state index contributed by atoms with van der Waals surface area (Å²) < 4.78 is 0. The van der Waals surface area contributed by atoms with E-state index in [1.54, 1.807) is 0 Å². The molecule has 6 heteroatoms. The Labute approximate surface area is 132 Å². The zero-order valence-corrected chi connectivity index (χ0v) is 13.8. The topological polar surface area (TPSA) is 78.5 Å². The molecule has 3 atom stereocenters. The maximum absolute atomic E-state index is 12.7. The molecule has 22 heavy (non-hydrogen) atoms. The second-order valence-corrected chi connectivity index (χ2v) is 6.70. The number of hydrogen-bond acceptors (Lipinski definition) is 3. The lowest BCUT2D eigenvalue weighted by atomic mass is 9.73. The van der Waals surface area contributed by atoms with E-state index in [1.807, 2.05) is 20.8 Å². The zero-order chi connectivity index (χ0) is 16.3. The Hall–Kier alpha value is -1.59. The maximum atomic E-state index is 12.7. The molecule has 0 bridgehead atoms. The van der Waals surface area contributed by atoms with E-state index >= 15 is 0 Å². The Balaban J connectivity index is 2.02. The number of carbonyl (C=O) groups is 3. The summed E-state index contributed by atoms with van der Waals surface area (Å²) in [6.07, 6.45) is 5.48. The van der Waals surface area contributed by atoms with Crippen LogP contribution in [0.4, 0.5) is 4.79 Å². The van der Waals surface area contributed by atoms with Crippen LogP contribution in [0.2, 0.25) is 0 Å². The standard InChI is InChI=1S/C16H27N3O3/c1-4-7-12(3)17-13(20)10-19-14(21)16(18-15(19)22)9-6-5-8-11(16)2/h11-12H,4-10H2,1-3H3,(H,17,20)(H,18,22)/t11-,12+,16+/m0/s1. The summed E-state index contributed by atoms with van der Waals surface area (Å²) in [6.45, 7) is 5.80. The molecule has 124 valence electrons. The van der Waals surface area contributed by atoms with Gasteiger partial charge >= 0.3 is 6.03 Å². The summed E-state index contributed by atoms with van der Waals surface area (Å²) in [5, 5.41) is 5.70. The van der Waals surface area contributed by atoms with Crippen molar-refractivity contribution < 1.29 is 14.4 Å². The molecule has 1 heterocycles. The van der Waals surface area contributed by atoms with Gasteiger partial charge in [0.1, 0.15) is 12.1 Å². The minimum atomic E-state index is -0.787. The molecule has 2 fully saturated rings. The van der Waals surface area contributed by atoms with Gasteiger partial charge in [0.25, 0.3) is 5.91 Å². The first kappa shape index (κ1) is 16.8. The number of carbonyl (C=O) groups excluding carboxylic acids is 3. The average molecular weight is 309 g/mol. The number of nitrogens with one attached hydrogen (secondary N) is 2. The highest BCUT2D eigenvalue weighted by atomic mass is 16.2. The van der Waals surface area contributed by atoms with E-state index in [1.165, 1.54) is 0 Å². The second kappa shape index (κ2) is 6.67. The average Bonchev–Trinajstić information content (AvgIpc) is 2.68. The molecule has 1 aliphatic heterocycles. The lowest BCUT2D eigenvalue weighted by Crippen LogP contribution is -2.54. The Morgan fingerprint density at radius 3 is 2.82 bits per heavy atom. The molecule has 1 saturated heterocycles. The minimum absolute atomic E-state index is 0.0563. The largest absolute Gasteiger partial charge is 0.352 e. The first-order valence-corrected chi connectivity index (χ1v) is 8.34. The van der Waals surface area contributed by atoms with E-state index in [9.17, 15) is 14.4 Å². The molecule has 0 unspecified atom stereocenters. The number of hydrogen-bond donors (Lipinski definition) is 2. The third kappa shape index (κ3) is 3.10. The van der Waals surface area contributed by atoms with Crippen molar-refractivity contribution in [3.05, 3.63) is 0 Å². The molecular weight excluding hydrogens is 282 g/mol. The fourth-order valence-corrected chi connectivity index (χ4v) is 3.61. The van der Waals surface area contributed by atoms with Gasteiger partial charge in [-0.3, -0.25) is 14.5 Å². The highest BCUT2D eigenvalue weighted by molar-refractivity contribution is 6.09. The molecule has 1 spiro atoms. The normalized spacial score (nSPS) is 29.6. The van der Waals surface area contributed by atoms with Crippen molar-refractivity contribution in [2.45, 2.75) is 70.9 Å². The molecule has 0 aromatic rings. The van der Waals surface area contributed by atoms with E-state index < -0.39 is 11.6 Å². The summed E-state index contributed by atoms with van der Waals surface area (Å²) in [6, 6.07) is -0.377. The molecule has 0 aromatic carbocycles. The van der Waals surface area contributed by atoms with Crippen LogP contribution >= 0.6 is 0 Å². The second-order valence-electron chi connectivity index (χ2n) is 6.70. The van der Waals surface area contributed by atoms with Crippen molar-refractivity contribution in [1.29, 1.82) is 0 Å². The van der Waals surface area contributed by atoms with E-state index in [-0.39, 0.29) is 30.3 Å². The van der Waals surface area contributed by atoms with Crippen molar-refractivity contribution in [2.24, 2.45) is 5.92 Å². The molecule has 0 radical (unpaired) electrons. The highest BCUT2D eigenvalue weighted by Crippen LogP contribution is 2.38. The van der Waals surface area contributed by atoms with E-state index in [4.69, 9.17) is 0 Å². The van der Waals surface area contributed by atoms with Gasteiger partial charge in [-0.05, 0) is 32.1 Å². The lowest BCUT2D eigenvalue weighted by Gasteiger charge is -2.36. The minimum Gasteiger partial charge on any atom is -0.352 e. The van der Waals surface area contributed by atoms with Crippen LogP contribution in [-0.4, -0.2) is 40.9 Å². The summed E-state index contributed by atoms with van der Waals surface area (Å²) >= 11 is 0. The quantitative estimate of drug-likeness (QED) is 0.760.